The monoisotopic (exact) mass is 472 g/mol. The topological polar surface area (TPSA) is 75.7 Å². The number of benzene rings is 3. The van der Waals surface area contributed by atoms with Crippen molar-refractivity contribution in [1.29, 1.82) is 0 Å². The SMILES string of the molecule is CCC(CCC(C)c1ccc(-c2ccc(C3=Nc4ccc(N)cc4CC3)c(F)c2)cc1)CC(=O)O. The molecule has 0 fully saturated rings. The van der Waals surface area contributed by atoms with Crippen LogP contribution in [0.15, 0.2) is 65.7 Å². The number of rotatable bonds is 9. The number of aliphatic carboxylic acids is 1. The summed E-state index contributed by atoms with van der Waals surface area (Å²) >= 11 is 0. The van der Waals surface area contributed by atoms with Crippen LogP contribution in [0.4, 0.5) is 15.8 Å². The number of aryl methyl sites for hydroxylation is 1. The number of anilines is 1. The van der Waals surface area contributed by atoms with Crippen molar-refractivity contribution in [2.45, 2.75) is 58.3 Å². The van der Waals surface area contributed by atoms with Crippen LogP contribution in [-0.2, 0) is 11.2 Å². The zero-order chi connectivity index (χ0) is 24.9. The molecule has 5 heteroatoms. The smallest absolute Gasteiger partial charge is 0.303 e. The first-order valence-corrected chi connectivity index (χ1v) is 12.4. The Kier molecular flexibility index (Phi) is 7.64. The number of nitrogens with zero attached hydrogens (tertiary/aromatic N) is 1. The summed E-state index contributed by atoms with van der Waals surface area (Å²) in [6.07, 6.45) is 4.46. The molecule has 1 heterocycles. The zero-order valence-electron chi connectivity index (χ0n) is 20.4. The number of hydrogen-bond donors (Lipinski definition) is 2. The average Bonchev–Trinajstić information content (AvgIpc) is 2.86. The average molecular weight is 473 g/mol. The van der Waals surface area contributed by atoms with Crippen LogP contribution in [-0.4, -0.2) is 16.8 Å². The summed E-state index contributed by atoms with van der Waals surface area (Å²) in [5.74, 6) is -0.427. The molecule has 3 aromatic carbocycles. The molecule has 1 aliphatic heterocycles. The Hall–Kier alpha value is -3.47. The summed E-state index contributed by atoms with van der Waals surface area (Å²) in [6, 6.07) is 19.3. The van der Waals surface area contributed by atoms with E-state index in [2.05, 4.69) is 19.1 Å². The molecule has 35 heavy (non-hydrogen) atoms. The van der Waals surface area contributed by atoms with Gasteiger partial charge in [0.15, 0.2) is 0 Å². The molecule has 1 aliphatic rings. The quantitative estimate of drug-likeness (QED) is 0.316. The van der Waals surface area contributed by atoms with E-state index in [1.165, 1.54) is 5.56 Å². The lowest BCUT2D eigenvalue weighted by Gasteiger charge is -2.18. The first-order chi connectivity index (χ1) is 16.8. The summed E-state index contributed by atoms with van der Waals surface area (Å²) in [7, 11) is 0. The maximum Gasteiger partial charge on any atom is 0.303 e. The number of nitrogens with two attached hydrogens (primary N) is 1. The second-order valence-corrected chi connectivity index (χ2v) is 9.61. The molecule has 0 saturated heterocycles. The van der Waals surface area contributed by atoms with Gasteiger partial charge in [0.05, 0.1) is 11.4 Å². The lowest BCUT2D eigenvalue weighted by Crippen LogP contribution is -2.10. The molecule has 0 aromatic heterocycles. The van der Waals surface area contributed by atoms with E-state index >= 15 is 4.39 Å². The standard InChI is InChI=1S/C30H33FN2O2/c1-3-20(16-30(34)35)5-4-19(2)21-6-8-22(9-7-21)23-10-13-26(27(31)18-23)29-14-11-24-17-25(32)12-15-28(24)33-29/h6-10,12-13,15,17-20H,3-5,11,14,16,32H2,1-2H3,(H,34,35). The maximum absolute atomic E-state index is 15.1. The van der Waals surface area contributed by atoms with E-state index in [4.69, 9.17) is 15.8 Å². The Morgan fingerprint density at radius 2 is 1.77 bits per heavy atom. The predicted octanol–water partition coefficient (Wildman–Crippen LogP) is 7.53. The fourth-order valence-corrected chi connectivity index (χ4v) is 4.85. The fourth-order valence-electron chi connectivity index (χ4n) is 4.85. The van der Waals surface area contributed by atoms with Gasteiger partial charge in [0.1, 0.15) is 5.82 Å². The number of aliphatic imine (C=N–C) groups is 1. The van der Waals surface area contributed by atoms with Crippen LogP contribution in [0.25, 0.3) is 11.1 Å². The van der Waals surface area contributed by atoms with Gasteiger partial charge in [-0.1, -0.05) is 50.6 Å². The minimum atomic E-state index is -0.724. The molecule has 3 aromatic rings. The number of halogens is 1. The van der Waals surface area contributed by atoms with Crippen molar-refractivity contribution in [3.63, 3.8) is 0 Å². The molecule has 0 aliphatic carbocycles. The fraction of sp³-hybridized carbons (Fsp3) is 0.333. The molecule has 4 nitrogen and oxygen atoms in total. The van der Waals surface area contributed by atoms with E-state index in [0.717, 1.165) is 59.5 Å². The van der Waals surface area contributed by atoms with Gasteiger partial charge >= 0.3 is 5.97 Å². The van der Waals surface area contributed by atoms with Crippen LogP contribution in [0.2, 0.25) is 0 Å². The Balaban J connectivity index is 1.45. The second-order valence-electron chi connectivity index (χ2n) is 9.61. The minimum Gasteiger partial charge on any atom is -0.481 e. The Morgan fingerprint density at radius 1 is 1.03 bits per heavy atom. The van der Waals surface area contributed by atoms with Gasteiger partial charge in [-0.25, -0.2) is 4.39 Å². The third-order valence-corrected chi connectivity index (χ3v) is 7.13. The third-order valence-electron chi connectivity index (χ3n) is 7.13. The Bertz CT molecular complexity index is 1230. The van der Waals surface area contributed by atoms with Gasteiger partial charge in [0.25, 0.3) is 0 Å². The summed E-state index contributed by atoms with van der Waals surface area (Å²) in [5, 5.41) is 9.06. The highest BCUT2D eigenvalue weighted by Crippen LogP contribution is 2.32. The van der Waals surface area contributed by atoms with E-state index in [1.54, 1.807) is 6.07 Å². The van der Waals surface area contributed by atoms with Crippen LogP contribution in [0.5, 0.6) is 0 Å². The van der Waals surface area contributed by atoms with E-state index in [-0.39, 0.29) is 18.2 Å². The Morgan fingerprint density at radius 3 is 2.46 bits per heavy atom. The van der Waals surface area contributed by atoms with Gasteiger partial charge in [-0.05, 0) is 90.1 Å². The van der Waals surface area contributed by atoms with Crippen LogP contribution in [0.1, 0.15) is 68.6 Å². The van der Waals surface area contributed by atoms with Crippen molar-refractivity contribution in [2.24, 2.45) is 10.9 Å². The van der Waals surface area contributed by atoms with Gasteiger partial charge in [0, 0.05) is 17.7 Å². The molecular weight excluding hydrogens is 439 g/mol. The molecule has 0 spiro atoms. The molecule has 0 radical (unpaired) electrons. The van der Waals surface area contributed by atoms with Crippen molar-refractivity contribution in [3.8, 4) is 11.1 Å². The number of fused-ring (bicyclic) bond motifs is 1. The van der Waals surface area contributed by atoms with Gasteiger partial charge in [-0.3, -0.25) is 9.79 Å². The Labute approximate surface area is 206 Å². The number of nitrogen functional groups attached to an aromatic ring is 1. The van der Waals surface area contributed by atoms with Crippen LogP contribution < -0.4 is 5.73 Å². The summed E-state index contributed by atoms with van der Waals surface area (Å²) in [6.45, 7) is 4.22. The van der Waals surface area contributed by atoms with Gasteiger partial charge in [-0.15, -0.1) is 0 Å². The predicted molar refractivity (Wildman–Crippen MR) is 141 cm³/mol. The molecule has 2 unspecified atom stereocenters. The number of carbonyl (C=O) groups is 1. The second kappa shape index (κ2) is 10.9. The number of hydrogen-bond acceptors (Lipinski definition) is 3. The lowest BCUT2D eigenvalue weighted by molar-refractivity contribution is -0.138. The van der Waals surface area contributed by atoms with E-state index in [9.17, 15) is 4.79 Å². The van der Waals surface area contributed by atoms with Crippen molar-refractivity contribution in [2.75, 3.05) is 5.73 Å². The van der Waals surface area contributed by atoms with Crippen molar-refractivity contribution in [3.05, 3.63) is 83.2 Å². The third kappa shape index (κ3) is 5.97. The van der Waals surface area contributed by atoms with E-state index < -0.39 is 5.97 Å². The highest BCUT2D eigenvalue weighted by atomic mass is 19.1. The molecule has 2 atom stereocenters. The molecule has 0 saturated carbocycles. The summed E-state index contributed by atoms with van der Waals surface area (Å²) in [4.78, 5) is 15.7. The van der Waals surface area contributed by atoms with Crippen LogP contribution in [0, 0.1) is 11.7 Å². The van der Waals surface area contributed by atoms with Crippen LogP contribution in [0.3, 0.4) is 0 Å². The lowest BCUT2D eigenvalue weighted by atomic mass is 9.88. The highest BCUT2D eigenvalue weighted by molar-refractivity contribution is 6.04. The van der Waals surface area contributed by atoms with Crippen molar-refractivity contribution >= 4 is 23.1 Å². The summed E-state index contributed by atoms with van der Waals surface area (Å²) in [5.41, 5.74) is 12.9. The normalized spacial score (nSPS) is 14.7. The first kappa shape index (κ1) is 24.6. The highest BCUT2D eigenvalue weighted by Gasteiger charge is 2.18. The molecule has 4 rings (SSSR count). The largest absolute Gasteiger partial charge is 0.481 e. The molecular formula is C30H33FN2O2. The summed E-state index contributed by atoms with van der Waals surface area (Å²) < 4.78 is 15.1. The number of carboxylic acids is 1. The van der Waals surface area contributed by atoms with Crippen molar-refractivity contribution < 1.29 is 14.3 Å². The minimum absolute atomic E-state index is 0.219. The van der Waals surface area contributed by atoms with Crippen molar-refractivity contribution in [1.82, 2.24) is 0 Å². The van der Waals surface area contributed by atoms with Gasteiger partial charge < -0.3 is 10.8 Å². The van der Waals surface area contributed by atoms with Gasteiger partial charge in [0.2, 0.25) is 0 Å². The maximum atomic E-state index is 15.1. The zero-order valence-corrected chi connectivity index (χ0v) is 20.4. The molecule has 3 N–H and O–H groups in total. The molecule has 0 amide bonds. The number of carboxylic acid groups (broad SMARTS) is 1. The van der Waals surface area contributed by atoms with E-state index in [1.807, 2.05) is 49.4 Å². The molecule has 182 valence electrons. The van der Waals surface area contributed by atoms with Gasteiger partial charge in [-0.2, -0.15) is 0 Å². The first-order valence-electron chi connectivity index (χ1n) is 12.4. The molecule has 0 bridgehead atoms. The van der Waals surface area contributed by atoms with Crippen LogP contribution >= 0.6 is 0 Å². The van der Waals surface area contributed by atoms with E-state index in [0.29, 0.717) is 17.9 Å².